The Hall–Kier alpha value is -4.31. The van der Waals surface area contributed by atoms with Gasteiger partial charge >= 0.3 is 5.91 Å². The van der Waals surface area contributed by atoms with Gasteiger partial charge in [0.25, 0.3) is 5.78 Å². The second-order valence-corrected chi connectivity index (χ2v) is 8.91. The Balaban J connectivity index is 1.57. The summed E-state index contributed by atoms with van der Waals surface area (Å²) in [6, 6.07) is 12.8. The van der Waals surface area contributed by atoms with Gasteiger partial charge in [0.15, 0.2) is 16.6 Å². The van der Waals surface area contributed by atoms with E-state index in [1.54, 1.807) is 18.2 Å². The molecule has 35 heavy (non-hydrogen) atoms. The van der Waals surface area contributed by atoms with Gasteiger partial charge in [-0.2, -0.15) is 0 Å². The number of hydrogen-bond acceptors (Lipinski definition) is 7. The number of ketones is 1. The van der Waals surface area contributed by atoms with Gasteiger partial charge in [-0.3, -0.25) is 14.5 Å². The molecule has 0 radical (unpaired) electrons. The van der Waals surface area contributed by atoms with E-state index in [0.29, 0.717) is 27.3 Å². The molecule has 174 valence electrons. The molecule has 0 aliphatic carbocycles. The molecule has 1 saturated heterocycles. The lowest BCUT2D eigenvalue weighted by Crippen LogP contribution is -2.29. The molecule has 1 aromatic heterocycles. The molecule has 1 fully saturated rings. The summed E-state index contributed by atoms with van der Waals surface area (Å²) in [5.74, 6) is -2.35. The number of hydrogen-bond donors (Lipinski definition) is 1. The Morgan fingerprint density at radius 3 is 2.51 bits per heavy atom. The summed E-state index contributed by atoms with van der Waals surface area (Å²) in [4.78, 5) is 32.1. The Bertz CT molecular complexity index is 1560. The standard InChI is InChI=1S/C25H14F2N2O5S/c26-14-4-1-12(2-5-14)22(30)20-21(13-3-8-17-18(9-13)34-11-33-17)29(24(32)23(20)31)25-28-16-7-6-15(27)10-19(16)35-25/h1-10,21,30H,11H2/b22-20+/t21-/m1/s1. The highest BCUT2D eigenvalue weighted by Gasteiger charge is 2.48. The molecule has 3 heterocycles. The molecule has 6 rings (SSSR count). The van der Waals surface area contributed by atoms with E-state index < -0.39 is 35.1 Å². The number of carbonyl (C=O) groups is 2. The lowest BCUT2D eigenvalue weighted by atomic mass is 9.95. The van der Waals surface area contributed by atoms with Gasteiger partial charge in [0.05, 0.1) is 21.8 Å². The first kappa shape index (κ1) is 21.2. The number of anilines is 1. The van der Waals surface area contributed by atoms with Crippen molar-refractivity contribution < 1.29 is 33.0 Å². The number of thiazole rings is 1. The van der Waals surface area contributed by atoms with E-state index in [0.717, 1.165) is 23.5 Å². The predicted octanol–water partition coefficient (Wildman–Crippen LogP) is 4.93. The van der Waals surface area contributed by atoms with Gasteiger partial charge in [-0.25, -0.2) is 13.8 Å². The molecule has 2 aliphatic rings. The molecule has 0 saturated carbocycles. The van der Waals surface area contributed by atoms with Crippen molar-refractivity contribution in [1.82, 2.24) is 4.98 Å². The summed E-state index contributed by atoms with van der Waals surface area (Å²) >= 11 is 1.04. The largest absolute Gasteiger partial charge is 0.507 e. The van der Waals surface area contributed by atoms with E-state index in [-0.39, 0.29) is 23.1 Å². The Morgan fingerprint density at radius 1 is 0.971 bits per heavy atom. The zero-order chi connectivity index (χ0) is 24.3. The SMILES string of the molecule is O=C1C(=O)N(c2nc3ccc(F)cc3s2)[C@H](c2ccc3c(c2)OCO3)/C1=C(\O)c1ccc(F)cc1. The molecule has 7 nitrogen and oxygen atoms in total. The molecule has 1 amide bonds. The van der Waals surface area contributed by atoms with Crippen LogP contribution >= 0.6 is 11.3 Å². The van der Waals surface area contributed by atoms with Crippen molar-refractivity contribution in [3.05, 3.63) is 89.0 Å². The van der Waals surface area contributed by atoms with Crippen LogP contribution in [0.5, 0.6) is 11.5 Å². The van der Waals surface area contributed by atoms with Crippen LogP contribution in [0.1, 0.15) is 17.2 Å². The molecule has 0 bridgehead atoms. The third-order valence-electron chi connectivity index (χ3n) is 5.82. The number of rotatable bonds is 3. The molecule has 1 N–H and O–H groups in total. The number of aromatic nitrogens is 1. The van der Waals surface area contributed by atoms with Gasteiger partial charge in [0.2, 0.25) is 6.79 Å². The molecule has 4 aromatic rings. The van der Waals surface area contributed by atoms with Crippen molar-refractivity contribution in [1.29, 1.82) is 0 Å². The van der Waals surface area contributed by atoms with Crippen LogP contribution < -0.4 is 14.4 Å². The highest BCUT2D eigenvalue weighted by atomic mass is 32.1. The van der Waals surface area contributed by atoms with Crippen molar-refractivity contribution >= 4 is 44.1 Å². The topological polar surface area (TPSA) is 89.0 Å². The summed E-state index contributed by atoms with van der Waals surface area (Å²) in [6.45, 7) is 0.0258. The summed E-state index contributed by atoms with van der Waals surface area (Å²) in [6.07, 6.45) is 0. The molecule has 1 atom stereocenters. The summed E-state index contributed by atoms with van der Waals surface area (Å²) in [5, 5.41) is 11.3. The summed E-state index contributed by atoms with van der Waals surface area (Å²) < 4.78 is 38.5. The lowest BCUT2D eigenvalue weighted by Gasteiger charge is -2.23. The van der Waals surface area contributed by atoms with E-state index >= 15 is 0 Å². The van der Waals surface area contributed by atoms with Gasteiger partial charge in [-0.1, -0.05) is 17.4 Å². The Morgan fingerprint density at radius 2 is 1.71 bits per heavy atom. The van der Waals surface area contributed by atoms with E-state index in [9.17, 15) is 23.5 Å². The third-order valence-corrected chi connectivity index (χ3v) is 6.84. The number of ether oxygens (including phenoxy) is 2. The normalized spacial score (nSPS) is 18.6. The fraction of sp³-hybridized carbons (Fsp3) is 0.0800. The number of carbonyl (C=O) groups excluding carboxylic acids is 2. The number of aliphatic hydroxyl groups excluding tert-OH is 1. The van der Waals surface area contributed by atoms with E-state index in [1.165, 1.54) is 35.2 Å². The van der Waals surface area contributed by atoms with Crippen molar-refractivity contribution in [3.8, 4) is 11.5 Å². The monoisotopic (exact) mass is 492 g/mol. The molecular weight excluding hydrogens is 478 g/mol. The van der Waals surface area contributed by atoms with Crippen molar-refractivity contribution in [2.24, 2.45) is 0 Å². The van der Waals surface area contributed by atoms with Crippen molar-refractivity contribution in [3.63, 3.8) is 0 Å². The van der Waals surface area contributed by atoms with Crippen LogP contribution in [0.4, 0.5) is 13.9 Å². The van der Waals surface area contributed by atoms with Crippen molar-refractivity contribution in [2.75, 3.05) is 11.7 Å². The van der Waals surface area contributed by atoms with Crippen LogP contribution in [0.15, 0.2) is 66.2 Å². The Labute approximate surface area is 200 Å². The highest BCUT2D eigenvalue weighted by molar-refractivity contribution is 7.22. The molecule has 10 heteroatoms. The zero-order valence-electron chi connectivity index (χ0n) is 17.7. The van der Waals surface area contributed by atoms with Gasteiger partial charge in [0, 0.05) is 5.56 Å². The number of halogens is 2. The number of Topliss-reactive ketones (excluding diaryl/α,β-unsaturated/α-hetero) is 1. The molecule has 2 aliphatic heterocycles. The predicted molar refractivity (Wildman–Crippen MR) is 123 cm³/mol. The number of aliphatic hydroxyl groups is 1. The average molecular weight is 492 g/mol. The average Bonchev–Trinajstić information content (AvgIpc) is 3.54. The zero-order valence-corrected chi connectivity index (χ0v) is 18.5. The molecule has 0 unspecified atom stereocenters. The number of benzene rings is 3. The minimum atomic E-state index is -1.07. The van der Waals surface area contributed by atoms with Crippen LogP contribution in [0.3, 0.4) is 0 Å². The maximum Gasteiger partial charge on any atom is 0.301 e. The fourth-order valence-corrected chi connectivity index (χ4v) is 5.20. The van der Waals surface area contributed by atoms with Gasteiger partial charge in [-0.15, -0.1) is 0 Å². The van der Waals surface area contributed by atoms with Crippen LogP contribution in [-0.2, 0) is 9.59 Å². The van der Waals surface area contributed by atoms with Crippen LogP contribution in [0.25, 0.3) is 16.0 Å². The number of nitrogens with zero attached hydrogens (tertiary/aromatic N) is 2. The van der Waals surface area contributed by atoms with E-state index in [1.807, 2.05) is 0 Å². The Kier molecular flexibility index (Phi) is 4.78. The van der Waals surface area contributed by atoms with Crippen LogP contribution in [-0.4, -0.2) is 28.6 Å². The number of fused-ring (bicyclic) bond motifs is 2. The first-order valence-electron chi connectivity index (χ1n) is 10.4. The minimum Gasteiger partial charge on any atom is -0.507 e. The fourth-order valence-electron chi connectivity index (χ4n) is 4.18. The van der Waals surface area contributed by atoms with Crippen molar-refractivity contribution in [2.45, 2.75) is 6.04 Å². The van der Waals surface area contributed by atoms with Crippen LogP contribution in [0.2, 0.25) is 0 Å². The van der Waals surface area contributed by atoms with Gasteiger partial charge in [-0.05, 0) is 60.2 Å². The molecule has 3 aromatic carbocycles. The van der Waals surface area contributed by atoms with Gasteiger partial charge < -0.3 is 14.6 Å². The smallest absolute Gasteiger partial charge is 0.301 e. The van der Waals surface area contributed by atoms with E-state index in [4.69, 9.17) is 9.47 Å². The summed E-state index contributed by atoms with van der Waals surface area (Å²) in [5.41, 5.74) is 0.895. The highest BCUT2D eigenvalue weighted by Crippen LogP contribution is 2.46. The first-order chi connectivity index (χ1) is 16.9. The first-order valence-corrected chi connectivity index (χ1v) is 11.2. The molecular formula is C25H14F2N2O5S. The van der Waals surface area contributed by atoms with Crippen LogP contribution in [0, 0.1) is 11.6 Å². The second kappa shape index (κ2) is 7.88. The van der Waals surface area contributed by atoms with E-state index in [2.05, 4.69) is 4.98 Å². The summed E-state index contributed by atoms with van der Waals surface area (Å²) in [7, 11) is 0. The maximum absolute atomic E-state index is 13.8. The van der Waals surface area contributed by atoms with Gasteiger partial charge in [0.1, 0.15) is 17.4 Å². The second-order valence-electron chi connectivity index (χ2n) is 7.90. The number of amides is 1. The molecule has 0 spiro atoms. The quantitative estimate of drug-likeness (QED) is 0.248. The minimum absolute atomic E-state index is 0.0258. The lowest BCUT2D eigenvalue weighted by molar-refractivity contribution is -0.132. The maximum atomic E-state index is 13.8. The third kappa shape index (κ3) is 3.41.